The van der Waals surface area contributed by atoms with Crippen LogP contribution in [0, 0.1) is 6.92 Å². The van der Waals surface area contributed by atoms with Gasteiger partial charge in [-0.05, 0) is 45.4 Å². The highest BCUT2D eigenvalue weighted by Crippen LogP contribution is 2.19. The number of allylic oxidation sites excluding steroid dienone is 1. The van der Waals surface area contributed by atoms with Crippen LogP contribution in [0.2, 0.25) is 0 Å². The summed E-state index contributed by atoms with van der Waals surface area (Å²) in [6.45, 7) is 6.16. The van der Waals surface area contributed by atoms with Gasteiger partial charge in [0.15, 0.2) is 5.96 Å². The quantitative estimate of drug-likeness (QED) is 0.455. The number of hydrogen-bond donors (Lipinski definition) is 2. The van der Waals surface area contributed by atoms with Gasteiger partial charge >= 0.3 is 0 Å². The molecule has 0 amide bonds. The van der Waals surface area contributed by atoms with Crippen LogP contribution >= 0.6 is 11.3 Å². The molecule has 0 aliphatic heterocycles. The van der Waals surface area contributed by atoms with Crippen molar-refractivity contribution in [1.82, 2.24) is 15.6 Å². The summed E-state index contributed by atoms with van der Waals surface area (Å²) in [6.07, 6.45) is 10.8. The van der Waals surface area contributed by atoms with Crippen molar-refractivity contribution in [2.45, 2.75) is 58.8 Å². The Labute approximate surface area is 144 Å². The van der Waals surface area contributed by atoms with Crippen molar-refractivity contribution in [3.05, 3.63) is 27.2 Å². The smallest absolute Gasteiger partial charge is 0.191 e. The average molecular weight is 335 g/mol. The lowest BCUT2D eigenvalue weighted by molar-refractivity contribution is 0.665. The van der Waals surface area contributed by atoms with Crippen molar-refractivity contribution in [3.8, 4) is 0 Å². The van der Waals surface area contributed by atoms with E-state index < -0.39 is 0 Å². The fourth-order valence-electron chi connectivity index (χ4n) is 2.90. The maximum Gasteiger partial charge on any atom is 0.191 e. The van der Waals surface area contributed by atoms with E-state index in [9.17, 15) is 0 Å². The minimum absolute atomic E-state index is 0.873. The standard InChI is InChI=1S/C18H30N4S/c1-4-16-14(2)23-17(22-16)11-13-21-18(19-3)20-12-10-15-8-6-5-7-9-15/h8H,4-7,9-13H2,1-3H3,(H2,19,20,21). The zero-order chi connectivity index (χ0) is 16.5. The molecule has 4 nitrogen and oxygen atoms in total. The van der Waals surface area contributed by atoms with E-state index in [0.29, 0.717) is 0 Å². The average Bonchev–Trinajstić information content (AvgIpc) is 2.94. The molecule has 1 aliphatic rings. The third-order valence-corrected chi connectivity index (χ3v) is 5.32. The number of nitrogens with zero attached hydrogens (tertiary/aromatic N) is 2. The van der Waals surface area contributed by atoms with Gasteiger partial charge in [0, 0.05) is 31.4 Å². The summed E-state index contributed by atoms with van der Waals surface area (Å²) in [5.74, 6) is 0.894. The van der Waals surface area contributed by atoms with Gasteiger partial charge in [-0.25, -0.2) is 4.98 Å². The molecule has 0 atom stereocenters. The molecule has 5 heteroatoms. The summed E-state index contributed by atoms with van der Waals surface area (Å²) in [4.78, 5) is 10.3. The molecule has 0 fully saturated rings. The molecular formula is C18H30N4S. The van der Waals surface area contributed by atoms with Gasteiger partial charge < -0.3 is 10.6 Å². The van der Waals surface area contributed by atoms with E-state index in [1.807, 2.05) is 18.4 Å². The van der Waals surface area contributed by atoms with Crippen LogP contribution in [0.15, 0.2) is 16.6 Å². The Hall–Kier alpha value is -1.36. The molecule has 0 aromatic carbocycles. The summed E-state index contributed by atoms with van der Waals surface area (Å²) in [5.41, 5.74) is 2.85. The molecule has 2 rings (SSSR count). The predicted molar refractivity (Wildman–Crippen MR) is 100 cm³/mol. The van der Waals surface area contributed by atoms with Crippen LogP contribution in [-0.2, 0) is 12.8 Å². The molecule has 0 unspecified atom stereocenters. The van der Waals surface area contributed by atoms with Crippen LogP contribution < -0.4 is 10.6 Å². The van der Waals surface area contributed by atoms with Gasteiger partial charge in [0.2, 0.25) is 0 Å². The molecule has 0 saturated heterocycles. The maximum absolute atomic E-state index is 4.69. The molecule has 1 aromatic heterocycles. The minimum Gasteiger partial charge on any atom is -0.356 e. The number of rotatable bonds is 7. The second-order valence-electron chi connectivity index (χ2n) is 6.00. The topological polar surface area (TPSA) is 49.3 Å². The number of thiazole rings is 1. The molecule has 1 aliphatic carbocycles. The minimum atomic E-state index is 0.873. The third-order valence-electron chi connectivity index (χ3n) is 4.25. The van der Waals surface area contributed by atoms with E-state index in [0.717, 1.165) is 38.3 Å². The highest BCUT2D eigenvalue weighted by atomic mass is 32.1. The molecule has 1 aromatic rings. The fourth-order valence-corrected chi connectivity index (χ4v) is 3.93. The predicted octanol–water partition coefficient (Wildman–Crippen LogP) is 3.61. The number of aromatic nitrogens is 1. The van der Waals surface area contributed by atoms with Gasteiger partial charge in [0.1, 0.15) is 0 Å². The van der Waals surface area contributed by atoms with Crippen molar-refractivity contribution in [1.29, 1.82) is 0 Å². The number of nitrogens with one attached hydrogen (secondary N) is 2. The summed E-state index contributed by atoms with van der Waals surface area (Å²) < 4.78 is 0. The maximum atomic E-state index is 4.69. The van der Waals surface area contributed by atoms with Crippen LogP contribution in [0.4, 0.5) is 0 Å². The van der Waals surface area contributed by atoms with Gasteiger partial charge in [-0.2, -0.15) is 0 Å². The Morgan fingerprint density at radius 3 is 2.65 bits per heavy atom. The first-order valence-corrected chi connectivity index (χ1v) is 9.62. The van der Waals surface area contributed by atoms with Crippen LogP contribution in [0.3, 0.4) is 0 Å². The summed E-state index contributed by atoms with van der Waals surface area (Å²) >= 11 is 1.82. The number of aliphatic imine (C=N–C) groups is 1. The van der Waals surface area contributed by atoms with Crippen molar-refractivity contribution < 1.29 is 0 Å². The summed E-state index contributed by atoms with van der Waals surface area (Å²) in [6, 6.07) is 0. The van der Waals surface area contributed by atoms with Crippen LogP contribution in [-0.4, -0.2) is 31.1 Å². The fraction of sp³-hybridized carbons (Fsp3) is 0.667. The zero-order valence-electron chi connectivity index (χ0n) is 14.7. The number of guanidine groups is 1. The third kappa shape index (κ3) is 5.98. The van der Waals surface area contributed by atoms with Crippen molar-refractivity contribution in [3.63, 3.8) is 0 Å². The highest BCUT2D eigenvalue weighted by Gasteiger charge is 2.07. The second-order valence-corrected chi connectivity index (χ2v) is 7.29. The van der Waals surface area contributed by atoms with Gasteiger partial charge in [-0.15, -0.1) is 11.3 Å². The van der Waals surface area contributed by atoms with Crippen molar-refractivity contribution >= 4 is 17.3 Å². The monoisotopic (exact) mass is 334 g/mol. The molecule has 0 radical (unpaired) electrons. The summed E-state index contributed by atoms with van der Waals surface area (Å²) in [7, 11) is 1.83. The zero-order valence-corrected chi connectivity index (χ0v) is 15.6. The van der Waals surface area contributed by atoms with E-state index in [4.69, 9.17) is 0 Å². The highest BCUT2D eigenvalue weighted by molar-refractivity contribution is 7.11. The Kier molecular flexibility index (Phi) is 7.59. The molecule has 23 heavy (non-hydrogen) atoms. The Balaban J connectivity index is 1.67. The van der Waals surface area contributed by atoms with Gasteiger partial charge in [-0.3, -0.25) is 4.99 Å². The molecule has 0 spiro atoms. The van der Waals surface area contributed by atoms with E-state index in [2.05, 4.69) is 40.5 Å². The van der Waals surface area contributed by atoms with E-state index in [-0.39, 0.29) is 0 Å². The largest absolute Gasteiger partial charge is 0.356 e. The van der Waals surface area contributed by atoms with E-state index >= 15 is 0 Å². The van der Waals surface area contributed by atoms with Gasteiger partial charge in [-0.1, -0.05) is 18.6 Å². The first-order valence-electron chi connectivity index (χ1n) is 8.80. The first-order chi connectivity index (χ1) is 11.2. The van der Waals surface area contributed by atoms with Gasteiger partial charge in [0.05, 0.1) is 10.7 Å². The molecule has 2 N–H and O–H groups in total. The number of hydrogen-bond acceptors (Lipinski definition) is 3. The Bertz CT molecular complexity index is 545. The first kappa shape index (κ1) is 18.0. The SMILES string of the molecule is CCc1nc(CCNC(=NC)NCCC2=CCCCC2)sc1C. The molecule has 0 saturated carbocycles. The Morgan fingerprint density at radius 1 is 1.26 bits per heavy atom. The lowest BCUT2D eigenvalue weighted by Gasteiger charge is -2.15. The second kappa shape index (κ2) is 9.71. The van der Waals surface area contributed by atoms with E-state index in [1.54, 1.807) is 5.57 Å². The van der Waals surface area contributed by atoms with Crippen LogP contribution in [0.5, 0.6) is 0 Å². The summed E-state index contributed by atoms with van der Waals surface area (Å²) in [5, 5.41) is 8.02. The van der Waals surface area contributed by atoms with Crippen LogP contribution in [0.25, 0.3) is 0 Å². The molecule has 0 bridgehead atoms. The van der Waals surface area contributed by atoms with E-state index in [1.165, 1.54) is 41.3 Å². The van der Waals surface area contributed by atoms with Crippen LogP contribution in [0.1, 0.15) is 54.6 Å². The number of aryl methyl sites for hydroxylation is 2. The normalized spacial score (nSPS) is 15.4. The molecule has 128 valence electrons. The van der Waals surface area contributed by atoms with Gasteiger partial charge in [0.25, 0.3) is 0 Å². The lowest BCUT2D eigenvalue weighted by atomic mass is 9.97. The van der Waals surface area contributed by atoms with Crippen molar-refractivity contribution in [2.75, 3.05) is 20.1 Å². The molecule has 1 heterocycles. The van der Waals surface area contributed by atoms with Crippen molar-refractivity contribution in [2.24, 2.45) is 4.99 Å². The lowest BCUT2D eigenvalue weighted by Crippen LogP contribution is -2.38. The molecular weight excluding hydrogens is 304 g/mol. The Morgan fingerprint density at radius 2 is 2.04 bits per heavy atom.